The van der Waals surface area contributed by atoms with Gasteiger partial charge in [0.25, 0.3) is 10.2 Å². The summed E-state index contributed by atoms with van der Waals surface area (Å²) in [6.07, 6.45) is 0.105. The van der Waals surface area contributed by atoms with E-state index in [0.717, 1.165) is 19.3 Å². The summed E-state index contributed by atoms with van der Waals surface area (Å²) in [7, 11) is -19.4. The molecule has 0 radical (unpaired) electrons. The zero-order chi connectivity index (χ0) is 48.3. The average Bonchev–Trinajstić information content (AvgIpc) is 3.21. The number of carbonyl (C=O) groups is 2. The Morgan fingerprint density at radius 2 is 1.21 bits per heavy atom. The molecule has 4 aromatic rings. The summed E-state index contributed by atoms with van der Waals surface area (Å²) in [6, 6.07) is 14.0. The van der Waals surface area contributed by atoms with Crippen LogP contribution >= 0.6 is 30.4 Å². The lowest BCUT2D eigenvalue weighted by Gasteiger charge is -2.41. The van der Waals surface area contributed by atoms with E-state index in [-0.39, 0.29) is 45.6 Å². The predicted molar refractivity (Wildman–Crippen MR) is 226 cm³/mol. The van der Waals surface area contributed by atoms with Crippen molar-refractivity contribution in [2.75, 3.05) is 7.11 Å². The van der Waals surface area contributed by atoms with E-state index in [0.29, 0.717) is 5.56 Å². The van der Waals surface area contributed by atoms with Crippen molar-refractivity contribution in [3.63, 3.8) is 0 Å². The maximum Gasteiger partial charge on any atom is 0.514 e. The number of aromatic nitrogens is 2. The summed E-state index contributed by atoms with van der Waals surface area (Å²) in [5.41, 5.74) is 0.922. The Kier molecular flexibility index (Phi) is 15.5. The lowest BCUT2D eigenvalue weighted by Crippen LogP contribution is -2.38. The van der Waals surface area contributed by atoms with Crippen LogP contribution in [-0.2, 0) is 58.7 Å². The number of rotatable bonds is 11. The SMILES string of the molecule is COc1cc(C2OP(=O)(O)C(O)(Cc3cccnc3)P(=O)(O)O2)ccc1OC(=O)OC1CCC1.Cc1ccc(OC(=O)OC(C)C)c(C2OP(=O)(O)C(O)(Cc3cccnc3)P(=O)(O)O2)c1. The molecule has 3 fully saturated rings. The van der Waals surface area contributed by atoms with Gasteiger partial charge >= 0.3 is 42.7 Å². The number of hydrogen-bond donors (Lipinski definition) is 6. The Morgan fingerprint density at radius 3 is 1.67 bits per heavy atom. The molecule has 4 heterocycles. The van der Waals surface area contributed by atoms with Crippen LogP contribution in [0.4, 0.5) is 9.59 Å². The van der Waals surface area contributed by atoms with Gasteiger partial charge in [0.05, 0.1) is 18.8 Å². The molecule has 2 aromatic heterocycles. The molecule has 7 rings (SSSR count). The number of methoxy groups -OCH3 is 1. The first kappa shape index (κ1) is 51.0. The molecule has 23 nitrogen and oxygen atoms in total. The summed E-state index contributed by atoms with van der Waals surface area (Å²) < 4.78 is 97.6. The molecular formula is C39H46N2O21P4. The molecule has 0 amide bonds. The average molecular weight is 1000 g/mol. The molecule has 1 saturated carbocycles. The molecular weight excluding hydrogens is 956 g/mol. The summed E-state index contributed by atoms with van der Waals surface area (Å²) in [6.45, 7) is 4.88. The maximum atomic E-state index is 13.0. The third kappa shape index (κ3) is 11.1. The Hall–Kier alpha value is -4.40. The first-order valence-corrected chi connectivity index (χ1v) is 26.0. The normalized spacial score (nSPS) is 30.8. The van der Waals surface area contributed by atoms with Gasteiger partial charge in [-0.1, -0.05) is 23.8 Å². The van der Waals surface area contributed by atoms with E-state index in [9.17, 15) is 57.6 Å². The van der Waals surface area contributed by atoms with E-state index in [1.807, 2.05) is 0 Å². The smallest absolute Gasteiger partial charge is 0.493 e. The van der Waals surface area contributed by atoms with Crippen LogP contribution in [-0.4, -0.2) is 81.5 Å². The quantitative estimate of drug-likeness (QED) is 0.0496. The van der Waals surface area contributed by atoms with Gasteiger partial charge < -0.3 is 53.5 Å². The van der Waals surface area contributed by atoms with Gasteiger partial charge in [0.1, 0.15) is 11.9 Å². The van der Waals surface area contributed by atoms with Crippen LogP contribution < -0.4 is 14.2 Å². The Morgan fingerprint density at radius 1 is 0.712 bits per heavy atom. The monoisotopic (exact) mass is 1000 g/mol. The van der Waals surface area contributed by atoms with E-state index < -0.39 is 84.4 Å². The first-order valence-electron chi connectivity index (χ1n) is 19.7. The number of benzene rings is 2. The summed E-state index contributed by atoms with van der Waals surface area (Å²) >= 11 is 0. The summed E-state index contributed by atoms with van der Waals surface area (Å²) in [5, 5.41) is 15.3. The molecule has 6 N–H and O–H groups in total. The molecule has 3 aliphatic rings. The molecule has 358 valence electrons. The number of aliphatic hydroxyl groups is 2. The lowest BCUT2D eigenvalue weighted by atomic mass is 9.96. The largest absolute Gasteiger partial charge is 0.514 e. The van der Waals surface area contributed by atoms with E-state index >= 15 is 0 Å². The van der Waals surface area contributed by atoms with Crippen molar-refractivity contribution in [1.82, 2.24) is 9.97 Å². The van der Waals surface area contributed by atoms with Gasteiger partial charge in [0.2, 0.25) is 12.6 Å². The zero-order valence-corrected chi connectivity index (χ0v) is 39.0. The highest BCUT2D eigenvalue weighted by Crippen LogP contribution is 2.80. The number of aryl methyl sites for hydroxylation is 1. The van der Waals surface area contributed by atoms with Crippen LogP contribution in [0, 0.1) is 6.92 Å². The highest BCUT2D eigenvalue weighted by molar-refractivity contribution is 7.73. The molecule has 66 heavy (non-hydrogen) atoms. The van der Waals surface area contributed by atoms with Crippen LogP contribution in [0.5, 0.6) is 17.2 Å². The van der Waals surface area contributed by atoms with Gasteiger partial charge in [-0.15, -0.1) is 0 Å². The van der Waals surface area contributed by atoms with Crippen molar-refractivity contribution in [2.45, 2.75) is 87.8 Å². The maximum absolute atomic E-state index is 13.0. The van der Waals surface area contributed by atoms with E-state index in [1.165, 1.54) is 86.5 Å². The Labute approximate surface area is 376 Å². The summed E-state index contributed by atoms with van der Waals surface area (Å²) in [4.78, 5) is 73.4. The van der Waals surface area contributed by atoms with Crippen LogP contribution in [0.25, 0.3) is 0 Å². The van der Waals surface area contributed by atoms with Gasteiger partial charge in [-0.3, -0.25) is 46.3 Å². The van der Waals surface area contributed by atoms with Crippen molar-refractivity contribution in [1.29, 1.82) is 0 Å². The number of carbonyl (C=O) groups excluding carboxylic acids is 2. The van der Waals surface area contributed by atoms with E-state index in [2.05, 4.69) is 9.97 Å². The fraction of sp³-hybridized carbons (Fsp3) is 0.385. The van der Waals surface area contributed by atoms with Crippen LogP contribution in [0.3, 0.4) is 0 Å². The fourth-order valence-corrected chi connectivity index (χ4v) is 13.4. The minimum absolute atomic E-state index is 0.00328. The highest BCUT2D eigenvalue weighted by Gasteiger charge is 2.68. The zero-order valence-electron chi connectivity index (χ0n) is 35.4. The van der Waals surface area contributed by atoms with Gasteiger partial charge in [-0.2, -0.15) is 0 Å². The second kappa shape index (κ2) is 20.1. The molecule has 1 aliphatic carbocycles. The first-order chi connectivity index (χ1) is 30.9. The minimum Gasteiger partial charge on any atom is -0.493 e. The van der Waals surface area contributed by atoms with Crippen molar-refractivity contribution < 1.29 is 99.4 Å². The lowest BCUT2D eigenvalue weighted by molar-refractivity contribution is -0.0594. The highest BCUT2D eigenvalue weighted by atomic mass is 31.2. The molecule has 4 atom stereocenters. The summed E-state index contributed by atoms with van der Waals surface area (Å²) in [5.74, 6) is -0.185. The molecule has 4 unspecified atom stereocenters. The third-order valence-electron chi connectivity index (χ3n) is 10.0. The third-order valence-corrected chi connectivity index (χ3v) is 19.2. The Bertz CT molecular complexity index is 2550. The molecule has 2 aromatic carbocycles. The predicted octanol–water partition coefficient (Wildman–Crippen LogP) is 7.08. The molecule has 27 heteroatoms. The van der Waals surface area contributed by atoms with Crippen LogP contribution in [0.2, 0.25) is 0 Å². The van der Waals surface area contributed by atoms with E-state index in [1.54, 1.807) is 26.8 Å². The standard InChI is InChI=1S/C20H23NO11P2.C19H23NO10P2/c1-28-17-10-14(7-8-16(17)30-19(22)29-15-5-2-6-15)18-31-33(24,25)20(23,34(26,27)32-18)11-13-4-3-9-21-12-13;1-12(2)27-18(21)28-16-7-6-13(3)9-15(16)17-29-31(23,24)19(22,32(25,26)30-17)10-14-5-4-8-20-11-14/h3-4,7-10,12,15,18,23H,2,5-6,11H2,1H3,(H,24,25)(H,26,27);4-9,11-12,17,22H,10H2,1-3H3,(H,23,24)(H,25,26). The van der Waals surface area contributed by atoms with Gasteiger partial charge in [-0.05, 0) is 93.6 Å². The van der Waals surface area contributed by atoms with Gasteiger partial charge in [-0.25, -0.2) is 9.59 Å². The molecule has 0 spiro atoms. The van der Waals surface area contributed by atoms with Crippen LogP contribution in [0.15, 0.2) is 85.5 Å². The molecule has 2 aliphatic heterocycles. The molecule has 2 saturated heterocycles. The fourth-order valence-electron chi connectivity index (χ4n) is 6.31. The van der Waals surface area contributed by atoms with Crippen LogP contribution in [0.1, 0.15) is 73.5 Å². The number of nitrogens with zero attached hydrogens (tertiary/aromatic N) is 2. The van der Waals surface area contributed by atoms with Crippen molar-refractivity contribution >= 4 is 42.7 Å². The van der Waals surface area contributed by atoms with Gasteiger partial charge in [0, 0.05) is 43.2 Å². The van der Waals surface area contributed by atoms with Crippen molar-refractivity contribution in [3.8, 4) is 17.2 Å². The Balaban J connectivity index is 0.000000219. The number of ether oxygens (including phenoxy) is 5. The topological polar surface area (TPSA) is 333 Å². The van der Waals surface area contributed by atoms with Crippen molar-refractivity contribution in [2.24, 2.45) is 0 Å². The minimum atomic E-state index is -5.19. The number of pyridine rings is 2. The second-order valence-corrected chi connectivity index (χ2v) is 24.0. The number of hydrogen-bond acceptors (Lipinski definition) is 19. The van der Waals surface area contributed by atoms with Gasteiger partial charge in [0.15, 0.2) is 11.5 Å². The molecule has 0 bridgehead atoms. The van der Waals surface area contributed by atoms with E-state index in [4.69, 9.17) is 41.8 Å². The van der Waals surface area contributed by atoms with Crippen molar-refractivity contribution in [3.05, 3.63) is 113 Å². The second-order valence-electron chi connectivity index (χ2n) is 15.3.